The van der Waals surface area contributed by atoms with Crippen molar-refractivity contribution in [3.8, 4) is 11.8 Å². The Balaban J connectivity index is 1.70. The molecule has 2 amide bonds. The molecule has 2 aromatic carbocycles. The molecule has 22 heavy (non-hydrogen) atoms. The number of carbonyl (C=O) groups excluding carboxylic acids is 1. The lowest BCUT2D eigenvalue weighted by Gasteiger charge is -2.09. The number of nitrogens with zero attached hydrogens (tertiary/aromatic N) is 1. The molecule has 112 valence electrons. The zero-order valence-electron chi connectivity index (χ0n) is 11.7. The smallest absolute Gasteiger partial charge is 0.319 e. The Morgan fingerprint density at radius 1 is 1.23 bits per heavy atom. The largest absolute Gasteiger partial charge is 0.492 e. The van der Waals surface area contributed by atoms with Crippen molar-refractivity contribution >= 4 is 11.7 Å². The SMILES string of the molecule is N#Cc1ccc(NC(=O)NCCOc2cccc(F)c2)cc1. The molecule has 0 aliphatic rings. The van der Waals surface area contributed by atoms with Crippen molar-refractivity contribution in [3.63, 3.8) is 0 Å². The molecule has 0 saturated heterocycles. The topological polar surface area (TPSA) is 74.2 Å². The number of hydrogen-bond donors (Lipinski definition) is 2. The third-order valence-electron chi connectivity index (χ3n) is 2.72. The van der Waals surface area contributed by atoms with Gasteiger partial charge in [0.05, 0.1) is 18.2 Å². The number of benzene rings is 2. The molecule has 2 N–H and O–H groups in total. The molecule has 0 atom stereocenters. The number of nitrogens with one attached hydrogen (secondary N) is 2. The summed E-state index contributed by atoms with van der Waals surface area (Å²) in [5.41, 5.74) is 1.11. The number of amides is 2. The predicted molar refractivity (Wildman–Crippen MR) is 80.1 cm³/mol. The highest BCUT2D eigenvalue weighted by Gasteiger charge is 2.02. The van der Waals surface area contributed by atoms with Gasteiger partial charge < -0.3 is 15.4 Å². The Hall–Kier alpha value is -3.07. The average Bonchev–Trinajstić information content (AvgIpc) is 2.52. The minimum atomic E-state index is -0.382. The van der Waals surface area contributed by atoms with E-state index < -0.39 is 0 Å². The van der Waals surface area contributed by atoms with Crippen LogP contribution >= 0.6 is 0 Å². The molecule has 2 rings (SSSR count). The van der Waals surface area contributed by atoms with E-state index in [4.69, 9.17) is 10.00 Å². The molecule has 0 bridgehead atoms. The third kappa shape index (κ3) is 4.80. The van der Waals surface area contributed by atoms with Crippen molar-refractivity contribution in [2.45, 2.75) is 0 Å². The molecular formula is C16H14FN3O2. The van der Waals surface area contributed by atoms with E-state index >= 15 is 0 Å². The normalized spacial score (nSPS) is 9.64. The lowest BCUT2D eigenvalue weighted by molar-refractivity contribution is 0.247. The molecule has 0 radical (unpaired) electrons. The van der Waals surface area contributed by atoms with E-state index in [0.717, 1.165) is 0 Å². The van der Waals surface area contributed by atoms with Gasteiger partial charge in [-0.05, 0) is 36.4 Å². The molecule has 0 saturated carbocycles. The Morgan fingerprint density at radius 2 is 2.00 bits per heavy atom. The molecule has 5 nitrogen and oxygen atoms in total. The minimum absolute atomic E-state index is 0.226. The van der Waals surface area contributed by atoms with Gasteiger partial charge >= 0.3 is 6.03 Å². The first-order valence-electron chi connectivity index (χ1n) is 6.61. The van der Waals surface area contributed by atoms with Crippen LogP contribution in [0.4, 0.5) is 14.9 Å². The third-order valence-corrected chi connectivity index (χ3v) is 2.72. The van der Waals surface area contributed by atoms with Gasteiger partial charge in [-0.1, -0.05) is 6.07 Å². The highest BCUT2D eigenvalue weighted by atomic mass is 19.1. The van der Waals surface area contributed by atoms with Gasteiger partial charge in [0.2, 0.25) is 0 Å². The van der Waals surface area contributed by atoms with Crippen LogP contribution in [0.3, 0.4) is 0 Å². The van der Waals surface area contributed by atoms with E-state index in [1.165, 1.54) is 12.1 Å². The van der Waals surface area contributed by atoms with Gasteiger partial charge in [-0.2, -0.15) is 5.26 Å². The summed E-state index contributed by atoms with van der Waals surface area (Å²) in [6.07, 6.45) is 0. The van der Waals surface area contributed by atoms with Gasteiger partial charge in [0.1, 0.15) is 18.2 Å². The fourth-order valence-corrected chi connectivity index (χ4v) is 1.69. The quantitative estimate of drug-likeness (QED) is 0.834. The van der Waals surface area contributed by atoms with Crippen molar-refractivity contribution in [2.75, 3.05) is 18.5 Å². The Labute approximate surface area is 127 Å². The lowest BCUT2D eigenvalue weighted by atomic mass is 10.2. The van der Waals surface area contributed by atoms with E-state index in [1.54, 1.807) is 36.4 Å². The second-order valence-corrected chi connectivity index (χ2v) is 4.38. The Kier molecular flexibility index (Phi) is 5.32. The maximum absolute atomic E-state index is 12.9. The summed E-state index contributed by atoms with van der Waals surface area (Å²) in [6.45, 7) is 0.503. The molecular weight excluding hydrogens is 285 g/mol. The Bertz CT molecular complexity index is 681. The number of nitriles is 1. The lowest BCUT2D eigenvalue weighted by Crippen LogP contribution is -2.32. The van der Waals surface area contributed by atoms with Crippen LogP contribution < -0.4 is 15.4 Å². The predicted octanol–water partition coefficient (Wildman–Crippen LogP) is 2.90. The first-order valence-corrected chi connectivity index (χ1v) is 6.61. The molecule has 2 aromatic rings. The summed E-state index contributed by atoms with van der Waals surface area (Å²) in [7, 11) is 0. The van der Waals surface area contributed by atoms with Gasteiger partial charge in [-0.15, -0.1) is 0 Å². The monoisotopic (exact) mass is 299 g/mol. The van der Waals surface area contributed by atoms with Crippen LogP contribution in [0.2, 0.25) is 0 Å². The Morgan fingerprint density at radius 3 is 2.68 bits per heavy atom. The van der Waals surface area contributed by atoms with E-state index in [1.807, 2.05) is 6.07 Å². The average molecular weight is 299 g/mol. The number of rotatable bonds is 5. The van der Waals surface area contributed by atoms with Gasteiger partial charge in [0.15, 0.2) is 0 Å². The number of anilines is 1. The number of halogens is 1. The summed E-state index contributed by atoms with van der Waals surface area (Å²) >= 11 is 0. The van der Waals surface area contributed by atoms with E-state index in [-0.39, 0.29) is 25.0 Å². The standard InChI is InChI=1S/C16H14FN3O2/c17-13-2-1-3-15(10-13)22-9-8-19-16(21)20-14-6-4-12(11-18)5-7-14/h1-7,10H,8-9H2,(H2,19,20,21). The molecule has 0 spiro atoms. The first-order chi connectivity index (χ1) is 10.7. The summed E-state index contributed by atoms with van der Waals surface area (Å²) in [6, 6.07) is 13.9. The molecule has 0 heterocycles. The number of urea groups is 1. The van der Waals surface area contributed by atoms with Crippen LogP contribution in [0.15, 0.2) is 48.5 Å². The van der Waals surface area contributed by atoms with Crippen molar-refractivity contribution < 1.29 is 13.9 Å². The summed E-state index contributed by atoms with van der Waals surface area (Å²) in [4.78, 5) is 11.6. The molecule has 0 fully saturated rings. The van der Waals surface area contributed by atoms with Gasteiger partial charge in [0, 0.05) is 11.8 Å². The van der Waals surface area contributed by atoms with Crippen LogP contribution in [0.25, 0.3) is 0 Å². The second kappa shape index (κ2) is 7.64. The van der Waals surface area contributed by atoms with Gasteiger partial charge in [0.25, 0.3) is 0 Å². The molecule has 0 aliphatic heterocycles. The molecule has 6 heteroatoms. The first kappa shape index (κ1) is 15.3. The van der Waals surface area contributed by atoms with Crippen molar-refractivity contribution in [2.24, 2.45) is 0 Å². The van der Waals surface area contributed by atoms with E-state index in [0.29, 0.717) is 17.0 Å². The zero-order chi connectivity index (χ0) is 15.8. The van der Waals surface area contributed by atoms with Crippen LogP contribution in [-0.2, 0) is 0 Å². The van der Waals surface area contributed by atoms with Crippen molar-refractivity contribution in [1.29, 1.82) is 5.26 Å². The fourth-order valence-electron chi connectivity index (χ4n) is 1.69. The molecule has 0 unspecified atom stereocenters. The second-order valence-electron chi connectivity index (χ2n) is 4.38. The van der Waals surface area contributed by atoms with Crippen molar-refractivity contribution in [1.82, 2.24) is 5.32 Å². The van der Waals surface area contributed by atoms with Crippen LogP contribution in [-0.4, -0.2) is 19.2 Å². The van der Waals surface area contributed by atoms with Gasteiger partial charge in [-0.25, -0.2) is 9.18 Å². The van der Waals surface area contributed by atoms with Crippen LogP contribution in [0, 0.1) is 17.1 Å². The van der Waals surface area contributed by atoms with E-state index in [9.17, 15) is 9.18 Å². The summed E-state index contributed by atoms with van der Waals surface area (Å²) in [5.74, 6) is 0.0401. The highest BCUT2D eigenvalue weighted by Crippen LogP contribution is 2.11. The summed E-state index contributed by atoms with van der Waals surface area (Å²) in [5, 5.41) is 13.9. The minimum Gasteiger partial charge on any atom is -0.492 e. The van der Waals surface area contributed by atoms with Crippen molar-refractivity contribution in [3.05, 3.63) is 59.9 Å². The maximum Gasteiger partial charge on any atom is 0.319 e. The highest BCUT2D eigenvalue weighted by molar-refractivity contribution is 5.89. The van der Waals surface area contributed by atoms with Crippen LogP contribution in [0.1, 0.15) is 5.56 Å². The van der Waals surface area contributed by atoms with Crippen LogP contribution in [0.5, 0.6) is 5.75 Å². The zero-order valence-corrected chi connectivity index (χ0v) is 11.7. The molecule has 0 aromatic heterocycles. The van der Waals surface area contributed by atoms with Gasteiger partial charge in [-0.3, -0.25) is 0 Å². The molecule has 0 aliphatic carbocycles. The number of hydrogen-bond acceptors (Lipinski definition) is 3. The number of ether oxygens (including phenoxy) is 1. The number of carbonyl (C=O) groups is 1. The maximum atomic E-state index is 12.9. The summed E-state index contributed by atoms with van der Waals surface area (Å²) < 4.78 is 18.2. The fraction of sp³-hybridized carbons (Fsp3) is 0.125. The van der Waals surface area contributed by atoms with E-state index in [2.05, 4.69) is 10.6 Å².